The zero-order valence-corrected chi connectivity index (χ0v) is 13.0. The van der Waals surface area contributed by atoms with Crippen LogP contribution in [0.25, 0.3) is 0 Å². The molecule has 0 saturated heterocycles. The van der Waals surface area contributed by atoms with Gasteiger partial charge in [-0.3, -0.25) is 4.79 Å². The van der Waals surface area contributed by atoms with Crippen molar-refractivity contribution in [3.8, 4) is 11.5 Å². The van der Waals surface area contributed by atoms with Crippen molar-refractivity contribution < 1.29 is 9.53 Å². The van der Waals surface area contributed by atoms with Crippen LogP contribution < -0.4 is 4.74 Å². The number of carbonyl (C=O) groups is 1. The second kappa shape index (κ2) is 8.06. The van der Waals surface area contributed by atoms with Gasteiger partial charge in [-0.05, 0) is 61.4 Å². The van der Waals surface area contributed by atoms with E-state index in [1.807, 2.05) is 0 Å². The van der Waals surface area contributed by atoms with Crippen molar-refractivity contribution in [3.63, 3.8) is 0 Å². The zero-order chi connectivity index (χ0) is 15.1. The molecule has 0 aliphatic carbocycles. The van der Waals surface area contributed by atoms with E-state index < -0.39 is 0 Å². The molecule has 2 nitrogen and oxygen atoms in total. The number of ketones is 1. The fraction of sp³-hybridized carbons (Fsp3) is 0.235. The smallest absolute Gasteiger partial charge is 0.162 e. The van der Waals surface area contributed by atoms with Gasteiger partial charge in [0.1, 0.15) is 11.5 Å². The molecule has 2 aromatic carbocycles. The molecule has 0 atom stereocenters. The second-order valence-electron chi connectivity index (χ2n) is 4.65. The van der Waals surface area contributed by atoms with Crippen molar-refractivity contribution >= 4 is 29.0 Å². The van der Waals surface area contributed by atoms with Crippen LogP contribution in [0, 0.1) is 0 Å². The first-order chi connectivity index (χ1) is 10.2. The van der Waals surface area contributed by atoms with Gasteiger partial charge < -0.3 is 4.74 Å². The summed E-state index contributed by atoms with van der Waals surface area (Å²) in [7, 11) is 0. The molecule has 0 heterocycles. The number of Topliss-reactive ketones (excluding diaryl/α,β-unsaturated/α-hetero) is 1. The predicted molar refractivity (Wildman–Crippen MR) is 86.9 cm³/mol. The van der Waals surface area contributed by atoms with Crippen LogP contribution in [-0.4, -0.2) is 11.7 Å². The van der Waals surface area contributed by atoms with E-state index in [2.05, 4.69) is 0 Å². The van der Waals surface area contributed by atoms with E-state index in [9.17, 15) is 4.79 Å². The van der Waals surface area contributed by atoms with Gasteiger partial charge in [0.2, 0.25) is 0 Å². The van der Waals surface area contributed by atoms with Gasteiger partial charge in [0.25, 0.3) is 0 Å². The Labute approximate surface area is 134 Å². The van der Waals surface area contributed by atoms with Crippen LogP contribution in [0.2, 0.25) is 5.02 Å². The number of ether oxygens (including phenoxy) is 1. The maximum absolute atomic E-state index is 11.9. The third-order valence-corrected chi connectivity index (χ3v) is 3.53. The number of carbonyl (C=O) groups excluding carboxylic acids is 1. The van der Waals surface area contributed by atoms with Gasteiger partial charge in [-0.15, -0.1) is 11.6 Å². The SMILES string of the molecule is O=C(CCCCCl)c1ccc(Oc2ccc(Cl)cc2)cc1. The van der Waals surface area contributed by atoms with Gasteiger partial charge in [0, 0.05) is 22.9 Å². The quantitative estimate of drug-likeness (QED) is 0.370. The lowest BCUT2D eigenvalue weighted by molar-refractivity contribution is 0.0980. The van der Waals surface area contributed by atoms with Crippen LogP contribution in [0.5, 0.6) is 11.5 Å². The number of unbranched alkanes of at least 4 members (excludes halogenated alkanes) is 1. The third kappa shape index (κ3) is 5.07. The molecular formula is C17H16Cl2O2. The Balaban J connectivity index is 1.95. The van der Waals surface area contributed by atoms with Crippen molar-refractivity contribution in [2.45, 2.75) is 19.3 Å². The fourth-order valence-electron chi connectivity index (χ4n) is 1.87. The summed E-state index contributed by atoms with van der Waals surface area (Å²) in [4.78, 5) is 11.9. The summed E-state index contributed by atoms with van der Waals surface area (Å²) < 4.78 is 5.68. The van der Waals surface area contributed by atoms with Gasteiger partial charge in [0.05, 0.1) is 0 Å². The zero-order valence-electron chi connectivity index (χ0n) is 11.5. The van der Waals surface area contributed by atoms with E-state index in [1.54, 1.807) is 48.5 Å². The minimum Gasteiger partial charge on any atom is -0.457 e. The molecule has 0 saturated carbocycles. The van der Waals surface area contributed by atoms with E-state index in [0.717, 1.165) is 12.8 Å². The highest BCUT2D eigenvalue weighted by molar-refractivity contribution is 6.30. The summed E-state index contributed by atoms with van der Waals surface area (Å²) in [5, 5.41) is 0.667. The average molecular weight is 323 g/mol. The summed E-state index contributed by atoms with van der Waals surface area (Å²) in [6.07, 6.45) is 2.22. The average Bonchev–Trinajstić information content (AvgIpc) is 2.50. The van der Waals surface area contributed by atoms with Crippen molar-refractivity contribution in [3.05, 3.63) is 59.1 Å². The second-order valence-corrected chi connectivity index (χ2v) is 5.46. The van der Waals surface area contributed by atoms with Gasteiger partial charge in [0.15, 0.2) is 5.78 Å². The van der Waals surface area contributed by atoms with Crippen LogP contribution in [-0.2, 0) is 0 Å². The summed E-state index contributed by atoms with van der Waals surface area (Å²) >= 11 is 11.4. The number of alkyl halides is 1. The number of rotatable bonds is 7. The van der Waals surface area contributed by atoms with Crippen LogP contribution in [0.3, 0.4) is 0 Å². The largest absolute Gasteiger partial charge is 0.457 e. The lowest BCUT2D eigenvalue weighted by Crippen LogP contribution is -1.99. The van der Waals surface area contributed by atoms with Crippen molar-refractivity contribution in [1.29, 1.82) is 0 Å². The Morgan fingerprint density at radius 2 is 1.48 bits per heavy atom. The Bertz CT molecular complexity index is 577. The third-order valence-electron chi connectivity index (χ3n) is 3.01. The van der Waals surface area contributed by atoms with Crippen LogP contribution >= 0.6 is 23.2 Å². The molecule has 0 aliphatic rings. The maximum Gasteiger partial charge on any atom is 0.162 e. The highest BCUT2D eigenvalue weighted by atomic mass is 35.5. The fourth-order valence-corrected chi connectivity index (χ4v) is 2.19. The van der Waals surface area contributed by atoms with E-state index in [0.29, 0.717) is 34.4 Å². The lowest BCUT2D eigenvalue weighted by atomic mass is 10.1. The topological polar surface area (TPSA) is 26.3 Å². The van der Waals surface area contributed by atoms with Crippen LogP contribution in [0.15, 0.2) is 48.5 Å². The highest BCUT2D eigenvalue weighted by Crippen LogP contribution is 2.23. The molecule has 0 N–H and O–H groups in total. The first-order valence-electron chi connectivity index (χ1n) is 6.81. The van der Waals surface area contributed by atoms with E-state index in [1.165, 1.54) is 0 Å². The van der Waals surface area contributed by atoms with Crippen molar-refractivity contribution in [2.24, 2.45) is 0 Å². The molecule has 0 amide bonds. The molecule has 0 fully saturated rings. The van der Waals surface area contributed by atoms with Gasteiger partial charge in [-0.25, -0.2) is 0 Å². The highest BCUT2D eigenvalue weighted by Gasteiger charge is 2.06. The van der Waals surface area contributed by atoms with Crippen molar-refractivity contribution in [1.82, 2.24) is 0 Å². The molecule has 0 unspecified atom stereocenters. The molecule has 2 rings (SSSR count). The Morgan fingerprint density at radius 1 is 0.905 bits per heavy atom. The van der Waals surface area contributed by atoms with E-state index >= 15 is 0 Å². The molecule has 0 bridgehead atoms. The maximum atomic E-state index is 11.9. The molecular weight excluding hydrogens is 307 g/mol. The summed E-state index contributed by atoms with van der Waals surface area (Å²) in [6.45, 7) is 0. The number of hydrogen-bond donors (Lipinski definition) is 0. The number of benzene rings is 2. The predicted octanol–water partition coefficient (Wildman–Crippen LogP) is 5.72. The van der Waals surface area contributed by atoms with Gasteiger partial charge in [-0.1, -0.05) is 11.6 Å². The Morgan fingerprint density at radius 3 is 2.05 bits per heavy atom. The monoisotopic (exact) mass is 322 g/mol. The standard InChI is InChI=1S/C17H16Cl2O2/c18-12-2-1-3-17(20)13-4-8-15(9-5-13)21-16-10-6-14(19)7-11-16/h4-11H,1-3,12H2. The lowest BCUT2D eigenvalue weighted by Gasteiger charge is -2.06. The molecule has 4 heteroatoms. The van der Waals surface area contributed by atoms with Crippen molar-refractivity contribution in [2.75, 3.05) is 5.88 Å². The van der Waals surface area contributed by atoms with Gasteiger partial charge >= 0.3 is 0 Å². The number of hydrogen-bond acceptors (Lipinski definition) is 2. The Hall–Kier alpha value is -1.51. The number of halogens is 2. The Kier molecular flexibility index (Phi) is 6.09. The van der Waals surface area contributed by atoms with Crippen LogP contribution in [0.4, 0.5) is 0 Å². The van der Waals surface area contributed by atoms with E-state index in [4.69, 9.17) is 27.9 Å². The molecule has 0 aromatic heterocycles. The minimum atomic E-state index is 0.137. The summed E-state index contributed by atoms with van der Waals surface area (Å²) in [5.41, 5.74) is 0.702. The molecule has 0 spiro atoms. The minimum absolute atomic E-state index is 0.137. The molecule has 0 radical (unpaired) electrons. The first-order valence-corrected chi connectivity index (χ1v) is 7.73. The molecule has 0 aliphatic heterocycles. The molecule has 2 aromatic rings. The molecule has 110 valence electrons. The van der Waals surface area contributed by atoms with Gasteiger partial charge in [-0.2, -0.15) is 0 Å². The molecule has 21 heavy (non-hydrogen) atoms. The normalized spacial score (nSPS) is 10.4. The first kappa shape index (κ1) is 15.9. The summed E-state index contributed by atoms with van der Waals surface area (Å²) in [5.74, 6) is 2.13. The summed E-state index contributed by atoms with van der Waals surface area (Å²) in [6, 6.07) is 14.3. The van der Waals surface area contributed by atoms with E-state index in [-0.39, 0.29) is 5.78 Å². The van der Waals surface area contributed by atoms with Crippen LogP contribution in [0.1, 0.15) is 29.6 Å².